The number of aromatic nitrogens is 1. The number of methoxy groups -OCH3 is 1. The van der Waals surface area contributed by atoms with E-state index in [9.17, 15) is 18.0 Å². The van der Waals surface area contributed by atoms with E-state index in [2.05, 4.69) is 14.5 Å². The zero-order valence-corrected chi connectivity index (χ0v) is 9.95. The van der Waals surface area contributed by atoms with Gasteiger partial charge in [-0.1, -0.05) is 0 Å². The van der Waals surface area contributed by atoms with Crippen molar-refractivity contribution in [2.75, 3.05) is 12.8 Å². The first-order valence-corrected chi connectivity index (χ1v) is 5.07. The predicted molar refractivity (Wildman–Crippen MR) is 58.9 cm³/mol. The molecule has 0 radical (unpaired) electrons. The van der Waals surface area contributed by atoms with Crippen molar-refractivity contribution in [2.24, 2.45) is 5.73 Å². The molecule has 0 saturated heterocycles. The van der Waals surface area contributed by atoms with Crippen molar-refractivity contribution in [1.29, 1.82) is 0 Å². The maximum Gasteiger partial charge on any atom is 0.574 e. The molecular weight excluding hydrogens is 267 g/mol. The average molecular weight is 279 g/mol. The first-order valence-electron chi connectivity index (χ1n) is 5.07. The highest BCUT2D eigenvalue weighted by Gasteiger charge is 2.32. The number of hydrogen-bond acceptors (Lipinski definition) is 6. The summed E-state index contributed by atoms with van der Waals surface area (Å²) in [5, 5.41) is 0. The Kier molecular flexibility index (Phi) is 4.54. The largest absolute Gasteiger partial charge is 0.574 e. The van der Waals surface area contributed by atoms with Crippen LogP contribution in [-0.4, -0.2) is 24.4 Å². The van der Waals surface area contributed by atoms with Gasteiger partial charge in [0.15, 0.2) is 0 Å². The van der Waals surface area contributed by atoms with Crippen LogP contribution in [0.2, 0.25) is 0 Å². The van der Waals surface area contributed by atoms with E-state index in [-0.39, 0.29) is 29.9 Å². The number of nitrogens with two attached hydrogens (primary N) is 2. The number of halogens is 3. The lowest BCUT2D eigenvalue weighted by Gasteiger charge is -2.13. The highest BCUT2D eigenvalue weighted by molar-refractivity contribution is 5.74. The van der Waals surface area contributed by atoms with Crippen molar-refractivity contribution in [3.8, 4) is 5.88 Å². The highest BCUT2D eigenvalue weighted by Crippen LogP contribution is 2.26. The van der Waals surface area contributed by atoms with Gasteiger partial charge in [-0.25, -0.2) is 4.98 Å². The zero-order chi connectivity index (χ0) is 14.6. The molecule has 0 amide bonds. The van der Waals surface area contributed by atoms with Crippen LogP contribution in [-0.2, 0) is 22.5 Å². The molecule has 106 valence electrons. The molecule has 0 atom stereocenters. The number of carbonyl (C=O) groups is 1. The minimum Gasteiger partial charge on any atom is -0.469 e. The van der Waals surface area contributed by atoms with Gasteiger partial charge >= 0.3 is 12.3 Å². The fourth-order valence-corrected chi connectivity index (χ4v) is 1.32. The maximum atomic E-state index is 12.1. The second-order valence-electron chi connectivity index (χ2n) is 3.48. The molecule has 0 fully saturated rings. The Morgan fingerprint density at radius 1 is 1.47 bits per heavy atom. The lowest BCUT2D eigenvalue weighted by Crippen LogP contribution is -2.20. The molecule has 0 unspecified atom stereocenters. The fraction of sp³-hybridized carbons (Fsp3) is 0.400. The van der Waals surface area contributed by atoms with E-state index in [1.165, 1.54) is 0 Å². The first kappa shape index (κ1) is 15.0. The van der Waals surface area contributed by atoms with Gasteiger partial charge in [0.1, 0.15) is 0 Å². The number of anilines is 1. The van der Waals surface area contributed by atoms with E-state index in [1.807, 2.05) is 0 Å². The number of nitrogen functional groups attached to an aromatic ring is 1. The summed E-state index contributed by atoms with van der Waals surface area (Å²) in [6.45, 7) is -0.114. The number of rotatable bonds is 4. The van der Waals surface area contributed by atoms with Gasteiger partial charge in [-0.05, 0) is 5.56 Å². The monoisotopic (exact) mass is 279 g/mol. The summed E-state index contributed by atoms with van der Waals surface area (Å²) in [4.78, 5) is 14.6. The smallest absolute Gasteiger partial charge is 0.469 e. The van der Waals surface area contributed by atoms with Crippen LogP contribution in [0.25, 0.3) is 0 Å². The molecule has 19 heavy (non-hydrogen) atoms. The fourth-order valence-electron chi connectivity index (χ4n) is 1.32. The second kappa shape index (κ2) is 5.74. The van der Waals surface area contributed by atoms with E-state index in [1.54, 1.807) is 0 Å². The van der Waals surface area contributed by atoms with Crippen LogP contribution in [0.1, 0.15) is 11.3 Å². The standard InChI is InChI=1S/C10H12F3N3O3/c1-18-8(17)3-6-9(15)5(4-14)2-7(16-6)19-10(11,12)13/h2H,3-4,14-15H2,1H3. The van der Waals surface area contributed by atoms with Gasteiger partial charge in [-0.15, -0.1) is 13.2 Å². The average Bonchev–Trinajstić information content (AvgIpc) is 2.30. The Morgan fingerprint density at radius 3 is 2.58 bits per heavy atom. The van der Waals surface area contributed by atoms with Crippen molar-refractivity contribution in [3.05, 3.63) is 17.3 Å². The maximum absolute atomic E-state index is 12.1. The third-order valence-electron chi connectivity index (χ3n) is 2.18. The number of pyridine rings is 1. The molecule has 9 heteroatoms. The molecule has 0 aliphatic rings. The molecule has 0 spiro atoms. The van der Waals surface area contributed by atoms with Crippen LogP contribution in [0.4, 0.5) is 18.9 Å². The molecule has 1 aromatic heterocycles. The lowest BCUT2D eigenvalue weighted by molar-refractivity contribution is -0.276. The summed E-state index contributed by atoms with van der Waals surface area (Å²) < 4.78 is 44.4. The minimum atomic E-state index is -4.89. The van der Waals surface area contributed by atoms with E-state index >= 15 is 0 Å². The summed E-state index contributed by atoms with van der Waals surface area (Å²) in [6, 6.07) is 0.976. The van der Waals surface area contributed by atoms with Crippen LogP contribution in [0.3, 0.4) is 0 Å². The molecule has 4 N–H and O–H groups in total. The van der Waals surface area contributed by atoms with E-state index in [0.717, 1.165) is 13.2 Å². The molecule has 0 aliphatic carbocycles. The summed E-state index contributed by atoms with van der Waals surface area (Å²) in [7, 11) is 1.14. The lowest BCUT2D eigenvalue weighted by atomic mass is 10.1. The summed E-state index contributed by atoms with van der Waals surface area (Å²) >= 11 is 0. The van der Waals surface area contributed by atoms with Gasteiger partial charge in [-0.3, -0.25) is 4.79 Å². The summed E-state index contributed by atoms with van der Waals surface area (Å²) in [5.41, 5.74) is 11.2. The number of alkyl halides is 3. The Balaban J connectivity index is 3.14. The normalized spacial score (nSPS) is 11.2. The van der Waals surface area contributed by atoms with Gasteiger partial charge < -0.3 is 20.9 Å². The number of hydrogen-bond donors (Lipinski definition) is 2. The van der Waals surface area contributed by atoms with Crippen molar-refractivity contribution in [1.82, 2.24) is 4.98 Å². The Morgan fingerprint density at radius 2 is 2.11 bits per heavy atom. The summed E-state index contributed by atoms with van der Waals surface area (Å²) in [6.07, 6.45) is -5.26. The van der Waals surface area contributed by atoms with Gasteiger partial charge in [0, 0.05) is 12.6 Å². The molecule has 1 aromatic rings. The molecule has 0 saturated carbocycles. The molecule has 1 heterocycles. The van der Waals surface area contributed by atoms with Crippen LogP contribution in [0, 0.1) is 0 Å². The molecule has 0 aromatic carbocycles. The SMILES string of the molecule is COC(=O)Cc1nc(OC(F)(F)F)cc(CN)c1N. The van der Waals surface area contributed by atoms with Crippen molar-refractivity contribution in [2.45, 2.75) is 19.3 Å². The Bertz CT molecular complexity index is 477. The molecule has 0 bridgehead atoms. The van der Waals surface area contributed by atoms with Crippen LogP contribution >= 0.6 is 0 Å². The number of ether oxygens (including phenoxy) is 2. The second-order valence-corrected chi connectivity index (χ2v) is 3.48. The topological polar surface area (TPSA) is 100 Å². The number of nitrogens with zero attached hydrogens (tertiary/aromatic N) is 1. The molecule has 6 nitrogen and oxygen atoms in total. The Hall–Kier alpha value is -2.03. The third kappa shape index (κ3) is 4.28. The third-order valence-corrected chi connectivity index (χ3v) is 2.18. The van der Waals surface area contributed by atoms with Crippen molar-refractivity contribution in [3.63, 3.8) is 0 Å². The molecule has 1 rings (SSSR count). The van der Waals surface area contributed by atoms with Crippen LogP contribution < -0.4 is 16.2 Å². The highest BCUT2D eigenvalue weighted by atomic mass is 19.4. The number of carbonyl (C=O) groups excluding carboxylic acids is 1. The predicted octanol–water partition coefficient (Wildman–Crippen LogP) is 0.737. The summed E-state index contributed by atoms with van der Waals surface area (Å²) in [5.74, 6) is -1.41. The number of esters is 1. The zero-order valence-electron chi connectivity index (χ0n) is 9.95. The van der Waals surface area contributed by atoms with Gasteiger partial charge in [-0.2, -0.15) is 0 Å². The van der Waals surface area contributed by atoms with Gasteiger partial charge in [0.2, 0.25) is 5.88 Å². The van der Waals surface area contributed by atoms with Gasteiger partial charge in [0.05, 0.1) is 24.9 Å². The van der Waals surface area contributed by atoms with E-state index in [4.69, 9.17) is 11.5 Å². The first-order chi connectivity index (χ1) is 8.76. The van der Waals surface area contributed by atoms with E-state index in [0.29, 0.717) is 0 Å². The molecular formula is C10H12F3N3O3. The molecule has 0 aliphatic heterocycles. The van der Waals surface area contributed by atoms with Crippen molar-refractivity contribution < 1.29 is 27.4 Å². The van der Waals surface area contributed by atoms with Crippen molar-refractivity contribution >= 4 is 11.7 Å². The van der Waals surface area contributed by atoms with E-state index < -0.39 is 18.2 Å². The van der Waals surface area contributed by atoms with Crippen LogP contribution in [0.5, 0.6) is 5.88 Å². The van der Waals surface area contributed by atoms with Gasteiger partial charge in [0.25, 0.3) is 0 Å². The quantitative estimate of drug-likeness (QED) is 0.788. The minimum absolute atomic E-state index is 0.0439. The Labute approximate surface area is 106 Å². The van der Waals surface area contributed by atoms with Crippen LogP contribution in [0.15, 0.2) is 6.07 Å².